The molecule has 1 aromatic heterocycles. The first-order chi connectivity index (χ1) is 5.68. The third-order valence-electron chi connectivity index (χ3n) is 1.40. The molecule has 7 heteroatoms. The zero-order chi connectivity index (χ0) is 8.72. The fraction of sp³-hybridized carbons (Fsp3) is 0.200. The number of halogens is 2. The maximum absolute atomic E-state index is 11.2. The Kier molecular flexibility index (Phi) is 1.87. The van der Waals surface area contributed by atoms with Gasteiger partial charge in [-0.25, -0.2) is 0 Å². The molecule has 2 heterocycles. The summed E-state index contributed by atoms with van der Waals surface area (Å²) in [6.07, 6.45) is 0. The van der Waals surface area contributed by atoms with Gasteiger partial charge in [0, 0.05) is 0 Å². The number of nitrogens with zero attached hydrogens (tertiary/aromatic N) is 3. The van der Waals surface area contributed by atoms with Crippen LogP contribution in [0.2, 0.25) is 5.28 Å². The second kappa shape index (κ2) is 2.77. The molecule has 2 rings (SSSR count). The van der Waals surface area contributed by atoms with Crippen LogP contribution in [-0.2, 0) is 0 Å². The molecular formula is C5H2ClIN4O. The molecular weight excluding hydrogens is 294 g/mol. The van der Waals surface area contributed by atoms with Gasteiger partial charge in [-0.05, 0) is 34.2 Å². The van der Waals surface area contributed by atoms with Gasteiger partial charge in [-0.3, -0.25) is 9.78 Å². The van der Waals surface area contributed by atoms with Crippen molar-refractivity contribution in [3.63, 3.8) is 0 Å². The highest BCUT2D eigenvalue weighted by Crippen LogP contribution is 2.35. The van der Waals surface area contributed by atoms with Crippen LogP contribution in [0.4, 0.5) is 5.82 Å². The van der Waals surface area contributed by atoms with E-state index in [1.165, 1.54) is 0 Å². The van der Waals surface area contributed by atoms with Crippen molar-refractivity contribution in [2.45, 2.75) is 4.05 Å². The summed E-state index contributed by atoms with van der Waals surface area (Å²) in [5.41, 5.74) is 0.203. The van der Waals surface area contributed by atoms with E-state index in [1.54, 1.807) is 0 Å². The molecule has 0 aromatic carbocycles. The normalized spacial score (nSPS) is 19.7. The Morgan fingerprint density at radius 1 is 1.58 bits per heavy atom. The molecule has 62 valence electrons. The molecule has 1 aromatic rings. The van der Waals surface area contributed by atoms with E-state index in [-0.39, 0.29) is 14.9 Å². The number of aromatic nitrogens is 2. The minimum absolute atomic E-state index is 0.0446. The van der Waals surface area contributed by atoms with Crippen molar-refractivity contribution in [1.82, 2.24) is 9.97 Å². The van der Waals surface area contributed by atoms with E-state index in [2.05, 4.69) is 20.2 Å². The lowest BCUT2D eigenvalue weighted by molar-refractivity contribution is 1.02. The summed E-state index contributed by atoms with van der Waals surface area (Å²) in [4.78, 5) is 17.4. The minimum Gasteiger partial charge on any atom is -0.297 e. The number of hydrogen-bond acceptors (Lipinski definition) is 4. The summed E-state index contributed by atoms with van der Waals surface area (Å²) >= 11 is 7.50. The van der Waals surface area contributed by atoms with Crippen LogP contribution in [0.3, 0.4) is 0 Å². The second-order valence-corrected chi connectivity index (χ2v) is 3.68. The zero-order valence-corrected chi connectivity index (χ0v) is 8.50. The molecule has 1 unspecified atom stereocenters. The van der Waals surface area contributed by atoms with Gasteiger partial charge in [-0.15, -0.1) is 5.11 Å². The van der Waals surface area contributed by atoms with E-state index >= 15 is 0 Å². The average Bonchev–Trinajstić information content (AvgIpc) is 2.31. The van der Waals surface area contributed by atoms with Crippen LogP contribution >= 0.6 is 34.2 Å². The number of aromatic amines is 1. The van der Waals surface area contributed by atoms with Crippen molar-refractivity contribution in [2.24, 2.45) is 10.2 Å². The Labute approximate surface area is 85.4 Å². The van der Waals surface area contributed by atoms with Gasteiger partial charge < -0.3 is 0 Å². The molecule has 1 aliphatic rings. The highest BCUT2D eigenvalue weighted by Gasteiger charge is 2.23. The van der Waals surface area contributed by atoms with Crippen molar-refractivity contribution in [3.8, 4) is 0 Å². The van der Waals surface area contributed by atoms with Crippen LogP contribution in [0.1, 0.15) is 9.61 Å². The summed E-state index contributed by atoms with van der Waals surface area (Å²) in [6, 6.07) is 0. The lowest BCUT2D eigenvalue weighted by Gasteiger charge is -1.96. The molecule has 0 aliphatic carbocycles. The smallest absolute Gasteiger partial charge is 0.260 e. The maximum Gasteiger partial charge on any atom is 0.260 e. The molecule has 0 spiro atoms. The van der Waals surface area contributed by atoms with Gasteiger partial charge in [-0.2, -0.15) is 10.1 Å². The summed E-state index contributed by atoms with van der Waals surface area (Å²) in [7, 11) is 0. The van der Waals surface area contributed by atoms with Crippen molar-refractivity contribution in [3.05, 3.63) is 21.2 Å². The zero-order valence-electron chi connectivity index (χ0n) is 5.58. The maximum atomic E-state index is 11.2. The number of nitrogens with one attached hydrogen (secondary N) is 1. The van der Waals surface area contributed by atoms with Gasteiger partial charge >= 0.3 is 0 Å². The fourth-order valence-electron chi connectivity index (χ4n) is 0.898. The van der Waals surface area contributed by atoms with E-state index in [0.717, 1.165) is 0 Å². The van der Waals surface area contributed by atoms with Gasteiger partial charge in [0.05, 0.1) is 0 Å². The van der Waals surface area contributed by atoms with E-state index < -0.39 is 0 Å². The molecule has 0 amide bonds. The fourth-order valence-corrected chi connectivity index (χ4v) is 1.75. The Morgan fingerprint density at radius 3 is 3.08 bits per heavy atom. The Morgan fingerprint density at radius 2 is 2.33 bits per heavy atom. The first-order valence-electron chi connectivity index (χ1n) is 3.03. The van der Waals surface area contributed by atoms with Crippen LogP contribution in [-0.4, -0.2) is 9.97 Å². The van der Waals surface area contributed by atoms with Crippen molar-refractivity contribution in [2.75, 3.05) is 0 Å². The van der Waals surface area contributed by atoms with Crippen LogP contribution in [0, 0.1) is 0 Å². The summed E-state index contributed by atoms with van der Waals surface area (Å²) in [5.74, 6) is 0.322. The molecule has 0 fully saturated rings. The van der Waals surface area contributed by atoms with E-state index in [4.69, 9.17) is 11.6 Å². The summed E-state index contributed by atoms with van der Waals surface area (Å²) < 4.78 is -0.244. The predicted octanol–water partition coefficient (Wildman–Crippen LogP) is 1.95. The highest BCUT2D eigenvalue weighted by molar-refractivity contribution is 14.1. The monoisotopic (exact) mass is 296 g/mol. The lowest BCUT2D eigenvalue weighted by atomic mass is 10.3. The van der Waals surface area contributed by atoms with E-state index in [1.807, 2.05) is 22.6 Å². The van der Waals surface area contributed by atoms with Gasteiger partial charge in [-0.1, -0.05) is 0 Å². The number of azo groups is 1. The van der Waals surface area contributed by atoms with Crippen LogP contribution in [0.5, 0.6) is 0 Å². The van der Waals surface area contributed by atoms with Crippen molar-refractivity contribution < 1.29 is 0 Å². The number of fused-ring (bicyclic) bond motifs is 1. The molecule has 1 N–H and O–H groups in total. The Bertz CT molecular complexity index is 414. The van der Waals surface area contributed by atoms with Crippen LogP contribution in [0.15, 0.2) is 15.0 Å². The lowest BCUT2D eigenvalue weighted by Crippen LogP contribution is -2.12. The Balaban J connectivity index is 2.75. The molecule has 0 radical (unpaired) electrons. The molecule has 1 atom stereocenters. The van der Waals surface area contributed by atoms with Gasteiger partial charge in [0.25, 0.3) is 5.56 Å². The third kappa shape index (κ3) is 1.14. The first kappa shape index (κ1) is 8.11. The minimum atomic E-state index is -0.269. The van der Waals surface area contributed by atoms with Gasteiger partial charge in [0.15, 0.2) is 9.87 Å². The third-order valence-corrected chi connectivity index (χ3v) is 2.45. The van der Waals surface area contributed by atoms with Crippen molar-refractivity contribution in [1.29, 1.82) is 0 Å². The first-order valence-corrected chi connectivity index (χ1v) is 4.65. The average molecular weight is 296 g/mol. The van der Waals surface area contributed by atoms with Crippen LogP contribution < -0.4 is 5.56 Å². The molecule has 5 nitrogen and oxygen atoms in total. The number of hydrogen-bond donors (Lipinski definition) is 1. The SMILES string of the molecule is O=c1[nH]c(Cl)nc2c1C(I)N=N2. The second-order valence-electron chi connectivity index (χ2n) is 2.15. The van der Waals surface area contributed by atoms with Crippen LogP contribution in [0.25, 0.3) is 0 Å². The topological polar surface area (TPSA) is 70.5 Å². The molecule has 0 saturated heterocycles. The molecule has 12 heavy (non-hydrogen) atoms. The summed E-state index contributed by atoms with van der Waals surface area (Å²) in [5, 5.41) is 7.53. The van der Waals surface area contributed by atoms with E-state index in [0.29, 0.717) is 11.4 Å². The summed E-state index contributed by atoms with van der Waals surface area (Å²) in [6.45, 7) is 0. The van der Waals surface area contributed by atoms with E-state index in [9.17, 15) is 4.79 Å². The molecule has 0 saturated carbocycles. The molecule has 1 aliphatic heterocycles. The quantitative estimate of drug-likeness (QED) is 0.344. The number of rotatable bonds is 0. The highest BCUT2D eigenvalue weighted by atomic mass is 127. The predicted molar refractivity (Wildman–Crippen MR) is 51.1 cm³/mol. The number of H-pyrrole nitrogens is 1. The van der Waals surface area contributed by atoms with Crippen molar-refractivity contribution >= 4 is 40.0 Å². The molecule has 0 bridgehead atoms. The van der Waals surface area contributed by atoms with Gasteiger partial charge in [0.2, 0.25) is 5.28 Å². The number of alkyl halides is 1. The largest absolute Gasteiger partial charge is 0.297 e. The van der Waals surface area contributed by atoms with Gasteiger partial charge in [0.1, 0.15) is 5.56 Å². The standard InChI is InChI=1S/C5H2ClIN4O/c6-5-8-3-1(4(12)9-5)2(7)10-11-3/h2H,(H,8,9,12). The Hall–Kier alpha value is -0.500.